The van der Waals surface area contributed by atoms with Crippen molar-refractivity contribution < 1.29 is 8.42 Å². The van der Waals surface area contributed by atoms with Crippen LogP contribution in [-0.2, 0) is 22.7 Å². The Kier molecular flexibility index (Phi) is 8.13. The highest BCUT2D eigenvalue weighted by Crippen LogP contribution is 2.11. The second-order valence-corrected chi connectivity index (χ2v) is 8.77. The van der Waals surface area contributed by atoms with Gasteiger partial charge in [-0.3, -0.25) is 4.99 Å². The van der Waals surface area contributed by atoms with E-state index in [1.165, 1.54) is 11.8 Å². The molecule has 2 aromatic carbocycles. The van der Waals surface area contributed by atoms with Gasteiger partial charge in [-0.1, -0.05) is 35.9 Å². The second-order valence-electron chi connectivity index (χ2n) is 6.32. The van der Waals surface area contributed by atoms with E-state index in [4.69, 9.17) is 11.6 Å². The molecular weight excluding hydrogens is 382 g/mol. The lowest BCUT2D eigenvalue weighted by molar-refractivity contribution is 0.602. The van der Waals surface area contributed by atoms with Crippen molar-refractivity contribution in [3.8, 4) is 0 Å². The van der Waals surface area contributed by atoms with E-state index in [0.29, 0.717) is 4.90 Å². The third-order valence-electron chi connectivity index (χ3n) is 4.13. The van der Waals surface area contributed by atoms with E-state index < -0.39 is 9.84 Å². The lowest BCUT2D eigenvalue weighted by Gasteiger charge is -2.12. The van der Waals surface area contributed by atoms with Gasteiger partial charge in [0.2, 0.25) is 0 Å². The van der Waals surface area contributed by atoms with Gasteiger partial charge in [0.05, 0.1) is 4.90 Å². The summed E-state index contributed by atoms with van der Waals surface area (Å²) in [7, 11) is -1.40. The number of hydrogen-bond donors (Lipinski definition) is 2. The summed E-state index contributed by atoms with van der Waals surface area (Å²) in [6, 6.07) is 14.9. The van der Waals surface area contributed by atoms with Gasteiger partial charge >= 0.3 is 0 Å². The molecule has 0 radical (unpaired) electrons. The van der Waals surface area contributed by atoms with Gasteiger partial charge in [-0.05, 0) is 54.7 Å². The number of rotatable bonds is 8. The Balaban J connectivity index is 1.68. The molecule has 2 rings (SSSR count). The second kappa shape index (κ2) is 10.3. The number of benzene rings is 2. The van der Waals surface area contributed by atoms with Gasteiger partial charge in [-0.15, -0.1) is 0 Å². The first kappa shape index (κ1) is 21.3. The Morgan fingerprint density at radius 3 is 2.07 bits per heavy atom. The van der Waals surface area contributed by atoms with E-state index in [0.717, 1.165) is 48.9 Å². The highest BCUT2D eigenvalue weighted by Gasteiger charge is 2.06. The Labute approximate surface area is 166 Å². The quantitative estimate of drug-likeness (QED) is 0.401. The fourth-order valence-electron chi connectivity index (χ4n) is 2.60. The van der Waals surface area contributed by atoms with E-state index in [-0.39, 0.29) is 0 Å². The fourth-order valence-corrected chi connectivity index (χ4v) is 3.36. The highest BCUT2D eigenvalue weighted by molar-refractivity contribution is 7.90. The largest absolute Gasteiger partial charge is 0.356 e. The van der Waals surface area contributed by atoms with Gasteiger partial charge in [0.1, 0.15) is 0 Å². The third-order valence-corrected chi connectivity index (χ3v) is 5.51. The lowest BCUT2D eigenvalue weighted by Crippen LogP contribution is -2.38. The molecule has 7 heteroatoms. The van der Waals surface area contributed by atoms with Crippen molar-refractivity contribution in [1.82, 2.24) is 10.6 Å². The van der Waals surface area contributed by atoms with Crippen molar-refractivity contribution in [3.05, 3.63) is 64.7 Å². The van der Waals surface area contributed by atoms with E-state index >= 15 is 0 Å². The number of sulfone groups is 1. The van der Waals surface area contributed by atoms with E-state index in [1.54, 1.807) is 19.2 Å². The minimum Gasteiger partial charge on any atom is -0.356 e. The van der Waals surface area contributed by atoms with Crippen molar-refractivity contribution in [2.45, 2.75) is 24.2 Å². The fraction of sp³-hybridized carbons (Fsp3) is 0.350. The van der Waals surface area contributed by atoms with Crippen LogP contribution in [-0.4, -0.2) is 40.8 Å². The average molecular weight is 408 g/mol. The van der Waals surface area contributed by atoms with Gasteiger partial charge in [0.15, 0.2) is 15.8 Å². The summed E-state index contributed by atoms with van der Waals surface area (Å²) in [5, 5.41) is 7.33. The molecule has 146 valence electrons. The number of guanidine groups is 1. The lowest BCUT2D eigenvalue weighted by atomic mass is 10.1. The molecule has 0 aliphatic carbocycles. The van der Waals surface area contributed by atoms with E-state index in [9.17, 15) is 8.42 Å². The summed E-state index contributed by atoms with van der Waals surface area (Å²) < 4.78 is 22.9. The van der Waals surface area contributed by atoms with Crippen molar-refractivity contribution in [1.29, 1.82) is 0 Å². The monoisotopic (exact) mass is 407 g/mol. The van der Waals surface area contributed by atoms with Crippen LogP contribution in [0.1, 0.15) is 17.5 Å². The predicted molar refractivity (Wildman–Crippen MR) is 112 cm³/mol. The van der Waals surface area contributed by atoms with Crippen LogP contribution < -0.4 is 10.6 Å². The first-order valence-corrected chi connectivity index (χ1v) is 11.1. The molecule has 0 bridgehead atoms. The maximum atomic E-state index is 11.5. The van der Waals surface area contributed by atoms with Gasteiger partial charge in [-0.2, -0.15) is 0 Å². The molecule has 0 aliphatic rings. The summed E-state index contributed by atoms with van der Waals surface area (Å²) in [6.07, 6.45) is 3.98. The summed E-state index contributed by atoms with van der Waals surface area (Å²) in [5.74, 6) is 0.763. The van der Waals surface area contributed by atoms with Crippen molar-refractivity contribution in [2.24, 2.45) is 4.99 Å². The molecule has 0 aromatic heterocycles. The Morgan fingerprint density at radius 2 is 1.48 bits per heavy atom. The molecule has 0 atom stereocenters. The average Bonchev–Trinajstić information content (AvgIpc) is 2.65. The normalized spacial score (nSPS) is 12.0. The maximum Gasteiger partial charge on any atom is 0.190 e. The first-order valence-electron chi connectivity index (χ1n) is 8.86. The minimum atomic E-state index is -3.14. The third kappa shape index (κ3) is 7.61. The predicted octanol–water partition coefficient (Wildman–Crippen LogP) is 3.08. The number of nitrogens with one attached hydrogen (secondary N) is 2. The van der Waals surface area contributed by atoms with Crippen LogP contribution in [0, 0.1) is 0 Å². The van der Waals surface area contributed by atoms with E-state index in [1.807, 2.05) is 36.4 Å². The summed E-state index contributed by atoms with van der Waals surface area (Å²) in [5.41, 5.74) is 2.34. The molecule has 0 aliphatic heterocycles. The minimum absolute atomic E-state index is 0.345. The molecule has 2 N–H and O–H groups in total. The zero-order chi connectivity index (χ0) is 19.7. The van der Waals surface area contributed by atoms with Gasteiger partial charge in [0.25, 0.3) is 0 Å². The summed E-state index contributed by atoms with van der Waals surface area (Å²) >= 11 is 5.89. The smallest absolute Gasteiger partial charge is 0.190 e. The molecule has 0 heterocycles. The van der Waals surface area contributed by atoms with Crippen LogP contribution >= 0.6 is 11.6 Å². The van der Waals surface area contributed by atoms with Crippen LogP contribution in [0.3, 0.4) is 0 Å². The highest BCUT2D eigenvalue weighted by atomic mass is 35.5. The van der Waals surface area contributed by atoms with Gasteiger partial charge < -0.3 is 10.6 Å². The van der Waals surface area contributed by atoms with Gasteiger partial charge in [-0.25, -0.2) is 8.42 Å². The number of halogens is 1. The Morgan fingerprint density at radius 1 is 0.926 bits per heavy atom. The van der Waals surface area contributed by atoms with Crippen molar-refractivity contribution in [2.75, 3.05) is 26.4 Å². The summed E-state index contributed by atoms with van der Waals surface area (Å²) in [4.78, 5) is 4.56. The van der Waals surface area contributed by atoms with Crippen LogP contribution in [0.5, 0.6) is 0 Å². The van der Waals surface area contributed by atoms with Crippen molar-refractivity contribution >= 4 is 27.4 Å². The molecule has 0 fully saturated rings. The summed E-state index contributed by atoms with van der Waals surface area (Å²) in [6.45, 7) is 1.54. The van der Waals surface area contributed by atoms with Crippen molar-refractivity contribution in [3.63, 3.8) is 0 Å². The zero-order valence-electron chi connectivity index (χ0n) is 15.7. The number of aliphatic imine (C=N–C) groups is 1. The number of nitrogens with zero attached hydrogens (tertiary/aromatic N) is 1. The number of hydrogen-bond acceptors (Lipinski definition) is 3. The molecule has 0 saturated carbocycles. The molecule has 0 unspecified atom stereocenters. The molecule has 0 spiro atoms. The topological polar surface area (TPSA) is 70.6 Å². The Hall–Kier alpha value is -2.05. The first-order chi connectivity index (χ1) is 12.9. The number of aryl methyl sites for hydroxylation is 1. The van der Waals surface area contributed by atoms with E-state index in [2.05, 4.69) is 15.6 Å². The van der Waals surface area contributed by atoms with Gasteiger partial charge in [0, 0.05) is 31.4 Å². The molecular formula is C20H26ClN3O2S. The molecule has 0 amide bonds. The molecule has 2 aromatic rings. The molecule has 5 nitrogen and oxygen atoms in total. The van der Waals surface area contributed by atoms with Crippen LogP contribution in [0.15, 0.2) is 58.4 Å². The standard InChI is InChI=1S/C20H26ClN3O2S/c1-22-20(23-14-3-4-16-5-9-18(21)10-6-16)24-15-13-17-7-11-19(12-8-17)27(2,25)26/h5-12H,3-4,13-15H2,1-2H3,(H2,22,23,24). The molecule has 0 saturated heterocycles. The zero-order valence-corrected chi connectivity index (χ0v) is 17.3. The SMILES string of the molecule is CN=C(NCCCc1ccc(Cl)cc1)NCCc1ccc(S(C)(=O)=O)cc1. The van der Waals surface area contributed by atoms with Crippen LogP contribution in [0.25, 0.3) is 0 Å². The van der Waals surface area contributed by atoms with Crippen LogP contribution in [0.2, 0.25) is 5.02 Å². The maximum absolute atomic E-state index is 11.5. The Bertz CT molecular complexity index is 848. The van der Waals surface area contributed by atoms with Crippen LogP contribution in [0.4, 0.5) is 0 Å². The molecule has 27 heavy (non-hydrogen) atoms.